The molecule has 1 aliphatic heterocycles. The molecule has 0 aromatic heterocycles. The Bertz CT molecular complexity index is 861. The smallest absolute Gasteiger partial charge is 0.229 e. The first-order chi connectivity index (χ1) is 13.4. The lowest BCUT2D eigenvalue weighted by atomic mass is 9.98. The van der Waals surface area contributed by atoms with E-state index in [2.05, 4.69) is 19.2 Å². The van der Waals surface area contributed by atoms with Crippen molar-refractivity contribution >= 4 is 23.2 Å². The van der Waals surface area contributed by atoms with Crippen LogP contribution >= 0.6 is 0 Å². The zero-order valence-corrected chi connectivity index (χ0v) is 17.0. The molecule has 2 atom stereocenters. The van der Waals surface area contributed by atoms with Crippen molar-refractivity contribution in [3.05, 3.63) is 53.6 Å². The van der Waals surface area contributed by atoms with Crippen LogP contribution in [0.25, 0.3) is 0 Å². The summed E-state index contributed by atoms with van der Waals surface area (Å²) in [6.45, 7) is 6.67. The third kappa shape index (κ3) is 4.19. The molecular weight excluding hydrogens is 352 g/mol. The number of hydrogen-bond donors (Lipinski definition) is 1. The van der Waals surface area contributed by atoms with E-state index in [0.717, 1.165) is 23.4 Å². The predicted molar refractivity (Wildman–Crippen MR) is 112 cm³/mol. The lowest BCUT2D eigenvalue weighted by Gasteiger charge is -2.20. The van der Waals surface area contributed by atoms with Crippen LogP contribution in [0.1, 0.15) is 43.7 Å². The van der Waals surface area contributed by atoms with Crippen LogP contribution in [-0.2, 0) is 9.59 Å². The molecule has 28 heavy (non-hydrogen) atoms. The van der Waals surface area contributed by atoms with Gasteiger partial charge in [0.2, 0.25) is 11.8 Å². The Morgan fingerprint density at radius 2 is 1.96 bits per heavy atom. The lowest BCUT2D eigenvalue weighted by molar-refractivity contribution is -0.122. The molecule has 1 aliphatic rings. The predicted octanol–water partition coefficient (Wildman–Crippen LogP) is 4.51. The Labute approximate surface area is 166 Å². The van der Waals surface area contributed by atoms with Gasteiger partial charge in [0.05, 0.1) is 18.7 Å². The van der Waals surface area contributed by atoms with Crippen molar-refractivity contribution < 1.29 is 14.3 Å². The largest absolute Gasteiger partial charge is 0.495 e. The van der Waals surface area contributed by atoms with E-state index in [1.165, 1.54) is 5.56 Å². The zero-order valence-electron chi connectivity index (χ0n) is 17.0. The van der Waals surface area contributed by atoms with Crippen molar-refractivity contribution in [2.24, 2.45) is 5.92 Å². The molecule has 1 heterocycles. The number of carbonyl (C=O) groups excluding carboxylic acids is 2. The average Bonchev–Trinajstić information content (AvgIpc) is 3.09. The number of ether oxygens (including phenoxy) is 1. The fraction of sp³-hybridized carbons (Fsp3) is 0.391. The molecule has 0 saturated carbocycles. The van der Waals surface area contributed by atoms with E-state index in [-0.39, 0.29) is 24.2 Å². The first kappa shape index (κ1) is 19.9. The molecule has 2 unspecified atom stereocenters. The molecule has 0 radical (unpaired) electrons. The lowest BCUT2D eigenvalue weighted by Crippen LogP contribution is -2.28. The van der Waals surface area contributed by atoms with Crippen molar-refractivity contribution in [1.29, 1.82) is 0 Å². The minimum absolute atomic E-state index is 0.0591. The van der Waals surface area contributed by atoms with E-state index in [9.17, 15) is 9.59 Å². The number of aryl methyl sites for hydroxylation is 1. The molecule has 2 aromatic carbocycles. The molecule has 1 N–H and O–H groups in total. The molecule has 3 rings (SSSR count). The number of nitrogens with one attached hydrogen (secondary N) is 1. The number of benzene rings is 2. The van der Waals surface area contributed by atoms with Crippen LogP contribution in [0.4, 0.5) is 11.4 Å². The van der Waals surface area contributed by atoms with E-state index < -0.39 is 0 Å². The molecule has 0 spiro atoms. The Morgan fingerprint density at radius 1 is 1.25 bits per heavy atom. The quantitative estimate of drug-likeness (QED) is 0.802. The molecular formula is C23H28N2O3. The van der Waals surface area contributed by atoms with Crippen LogP contribution in [0.5, 0.6) is 5.75 Å². The van der Waals surface area contributed by atoms with Crippen LogP contribution in [0.2, 0.25) is 0 Å². The first-order valence-corrected chi connectivity index (χ1v) is 9.78. The van der Waals surface area contributed by atoms with E-state index >= 15 is 0 Å². The fourth-order valence-corrected chi connectivity index (χ4v) is 3.50. The summed E-state index contributed by atoms with van der Waals surface area (Å²) in [7, 11) is 1.59. The minimum Gasteiger partial charge on any atom is -0.495 e. The standard InChI is InChI=1S/C23H28N2O3/c1-5-16(3)17-7-9-19(10-8-17)24-23(27)18-13-22(26)25(14-18)20-12-15(2)6-11-21(20)28-4/h6-12,16,18H,5,13-14H2,1-4H3,(H,24,27). The molecule has 148 valence electrons. The maximum atomic E-state index is 12.7. The summed E-state index contributed by atoms with van der Waals surface area (Å²) >= 11 is 0. The highest BCUT2D eigenvalue weighted by Gasteiger charge is 2.36. The monoisotopic (exact) mass is 380 g/mol. The number of methoxy groups -OCH3 is 1. The van der Waals surface area contributed by atoms with Gasteiger partial charge in [-0.3, -0.25) is 9.59 Å². The first-order valence-electron chi connectivity index (χ1n) is 9.78. The number of hydrogen-bond acceptors (Lipinski definition) is 3. The Hall–Kier alpha value is -2.82. The van der Waals surface area contributed by atoms with Gasteiger partial charge in [0.25, 0.3) is 0 Å². The molecule has 1 fully saturated rings. The maximum Gasteiger partial charge on any atom is 0.229 e. The Balaban J connectivity index is 1.69. The van der Waals surface area contributed by atoms with E-state index in [1.807, 2.05) is 49.4 Å². The summed E-state index contributed by atoms with van der Waals surface area (Å²) in [6.07, 6.45) is 1.28. The van der Waals surface area contributed by atoms with Gasteiger partial charge < -0.3 is 15.0 Å². The summed E-state index contributed by atoms with van der Waals surface area (Å²) < 4.78 is 5.40. The van der Waals surface area contributed by atoms with Gasteiger partial charge >= 0.3 is 0 Å². The van der Waals surface area contributed by atoms with Crippen LogP contribution < -0.4 is 15.0 Å². The van der Waals surface area contributed by atoms with E-state index in [4.69, 9.17) is 4.74 Å². The zero-order chi connectivity index (χ0) is 20.3. The van der Waals surface area contributed by atoms with Crippen molar-refractivity contribution in [2.45, 2.75) is 39.5 Å². The van der Waals surface area contributed by atoms with Gasteiger partial charge in [-0.2, -0.15) is 0 Å². The van der Waals surface area contributed by atoms with Crippen LogP contribution in [0.15, 0.2) is 42.5 Å². The normalized spacial score (nSPS) is 17.5. The van der Waals surface area contributed by atoms with Gasteiger partial charge in [-0.05, 0) is 54.7 Å². The number of carbonyl (C=O) groups is 2. The third-order valence-electron chi connectivity index (χ3n) is 5.48. The molecule has 2 amide bonds. The Morgan fingerprint density at radius 3 is 2.61 bits per heavy atom. The second-order valence-electron chi connectivity index (χ2n) is 7.50. The fourth-order valence-electron chi connectivity index (χ4n) is 3.50. The molecule has 5 nitrogen and oxygen atoms in total. The second-order valence-corrected chi connectivity index (χ2v) is 7.50. The highest BCUT2D eigenvalue weighted by atomic mass is 16.5. The summed E-state index contributed by atoms with van der Waals surface area (Å²) in [5, 5.41) is 2.95. The molecule has 5 heteroatoms. The maximum absolute atomic E-state index is 12.7. The summed E-state index contributed by atoms with van der Waals surface area (Å²) in [6, 6.07) is 13.7. The van der Waals surface area contributed by atoms with Crippen molar-refractivity contribution in [3.8, 4) is 5.75 Å². The van der Waals surface area contributed by atoms with Crippen molar-refractivity contribution in [2.75, 3.05) is 23.9 Å². The van der Waals surface area contributed by atoms with Gasteiger partial charge in [-0.25, -0.2) is 0 Å². The number of anilines is 2. The minimum atomic E-state index is -0.382. The van der Waals surface area contributed by atoms with Gasteiger partial charge in [0.15, 0.2) is 0 Å². The van der Waals surface area contributed by atoms with Gasteiger partial charge in [-0.1, -0.05) is 32.0 Å². The van der Waals surface area contributed by atoms with Crippen molar-refractivity contribution in [1.82, 2.24) is 0 Å². The molecule has 0 aliphatic carbocycles. The van der Waals surface area contributed by atoms with Gasteiger partial charge in [0, 0.05) is 18.7 Å². The summed E-state index contributed by atoms with van der Waals surface area (Å²) in [4.78, 5) is 26.9. The van der Waals surface area contributed by atoms with Crippen molar-refractivity contribution in [3.63, 3.8) is 0 Å². The average molecular weight is 380 g/mol. The topological polar surface area (TPSA) is 58.6 Å². The van der Waals surface area contributed by atoms with Crippen LogP contribution in [-0.4, -0.2) is 25.5 Å². The SMILES string of the molecule is CCC(C)c1ccc(NC(=O)C2CC(=O)N(c3cc(C)ccc3OC)C2)cc1. The van der Waals surface area contributed by atoms with Gasteiger partial charge in [0.1, 0.15) is 5.75 Å². The number of amides is 2. The highest BCUT2D eigenvalue weighted by Crippen LogP contribution is 2.34. The third-order valence-corrected chi connectivity index (χ3v) is 5.48. The second kappa shape index (κ2) is 8.46. The molecule has 2 aromatic rings. The van der Waals surface area contributed by atoms with Gasteiger partial charge in [-0.15, -0.1) is 0 Å². The van der Waals surface area contributed by atoms with Crippen LogP contribution in [0, 0.1) is 12.8 Å². The number of rotatable bonds is 6. The molecule has 1 saturated heterocycles. The summed E-state index contributed by atoms with van der Waals surface area (Å²) in [5.41, 5.74) is 3.78. The summed E-state index contributed by atoms with van der Waals surface area (Å²) in [5.74, 6) is 0.567. The Kier molecular flexibility index (Phi) is 6.02. The number of nitrogens with zero attached hydrogens (tertiary/aromatic N) is 1. The van der Waals surface area contributed by atoms with E-state index in [1.54, 1.807) is 12.0 Å². The highest BCUT2D eigenvalue weighted by molar-refractivity contribution is 6.04. The van der Waals surface area contributed by atoms with Crippen LogP contribution in [0.3, 0.4) is 0 Å². The molecule has 0 bridgehead atoms. The van der Waals surface area contributed by atoms with E-state index in [0.29, 0.717) is 18.2 Å².